The number of carbonyl (C=O) groups excluding carboxylic acids is 1. The zero-order chi connectivity index (χ0) is 13.0. The van der Waals surface area contributed by atoms with E-state index in [-0.39, 0.29) is 5.91 Å². The van der Waals surface area contributed by atoms with Crippen LogP contribution in [0.3, 0.4) is 0 Å². The van der Waals surface area contributed by atoms with Crippen LogP contribution in [0.4, 0.5) is 5.69 Å². The molecule has 2 aromatic carbocycles. The second-order valence-corrected chi connectivity index (χ2v) is 5.60. The minimum atomic E-state index is -0.0851. The molecule has 92 valence electrons. The van der Waals surface area contributed by atoms with Gasteiger partial charge in [0.25, 0.3) is 5.91 Å². The number of alkyl halides is 1. The summed E-state index contributed by atoms with van der Waals surface area (Å²) in [6.07, 6.45) is 0. The molecule has 0 saturated heterocycles. The molecule has 2 aromatic rings. The summed E-state index contributed by atoms with van der Waals surface area (Å²) in [5.41, 5.74) is 2.64. The highest BCUT2D eigenvalue weighted by Crippen LogP contribution is 2.14. The predicted octanol–water partition coefficient (Wildman–Crippen LogP) is 4.44. The monoisotopic (exact) mass is 415 g/mol. The first-order valence-electron chi connectivity index (χ1n) is 5.41. The summed E-state index contributed by atoms with van der Waals surface area (Å²) < 4.78 is 1.10. The lowest BCUT2D eigenvalue weighted by atomic mass is 10.1. The van der Waals surface area contributed by atoms with Crippen LogP contribution in [0.2, 0.25) is 0 Å². The van der Waals surface area contributed by atoms with Crippen molar-refractivity contribution in [2.45, 2.75) is 5.33 Å². The molecule has 2 rings (SSSR count). The number of hydrogen-bond donors (Lipinski definition) is 1. The van der Waals surface area contributed by atoms with Crippen LogP contribution in [0, 0.1) is 3.57 Å². The van der Waals surface area contributed by atoms with E-state index in [9.17, 15) is 4.79 Å². The van der Waals surface area contributed by atoms with Crippen molar-refractivity contribution in [1.29, 1.82) is 0 Å². The van der Waals surface area contributed by atoms with E-state index in [4.69, 9.17) is 0 Å². The molecule has 0 aromatic heterocycles. The second-order valence-electron chi connectivity index (χ2n) is 3.80. The van der Waals surface area contributed by atoms with Gasteiger partial charge in [0.2, 0.25) is 0 Å². The van der Waals surface area contributed by atoms with Gasteiger partial charge in [0.05, 0.1) is 0 Å². The van der Waals surface area contributed by atoms with Gasteiger partial charge in [-0.3, -0.25) is 4.79 Å². The fourth-order valence-electron chi connectivity index (χ4n) is 1.51. The molecule has 0 aliphatic carbocycles. The Morgan fingerprint density at radius 3 is 2.50 bits per heavy atom. The lowest BCUT2D eigenvalue weighted by Crippen LogP contribution is -2.11. The van der Waals surface area contributed by atoms with Crippen LogP contribution in [-0.2, 0) is 5.33 Å². The third-order valence-corrected chi connectivity index (χ3v) is 3.77. The van der Waals surface area contributed by atoms with Gasteiger partial charge in [0.15, 0.2) is 0 Å². The first-order valence-corrected chi connectivity index (χ1v) is 7.61. The maximum atomic E-state index is 12.0. The number of amides is 1. The van der Waals surface area contributed by atoms with Crippen LogP contribution in [0.5, 0.6) is 0 Å². The van der Waals surface area contributed by atoms with E-state index in [2.05, 4.69) is 43.8 Å². The summed E-state index contributed by atoms with van der Waals surface area (Å²) >= 11 is 5.60. The fraction of sp³-hybridized carbons (Fsp3) is 0.0714. The molecule has 0 radical (unpaired) electrons. The summed E-state index contributed by atoms with van der Waals surface area (Å²) in [6, 6.07) is 15.3. The van der Waals surface area contributed by atoms with Crippen molar-refractivity contribution in [3.05, 3.63) is 63.2 Å². The molecule has 0 fully saturated rings. The first kappa shape index (κ1) is 13.5. The number of halogens is 2. The van der Waals surface area contributed by atoms with E-state index in [0.717, 1.165) is 20.2 Å². The highest BCUT2D eigenvalue weighted by atomic mass is 127. The Kier molecular flexibility index (Phi) is 4.77. The van der Waals surface area contributed by atoms with Gasteiger partial charge >= 0.3 is 0 Å². The SMILES string of the molecule is O=C(Nc1cccc(I)c1)c1ccc(CBr)cc1. The minimum absolute atomic E-state index is 0.0851. The Morgan fingerprint density at radius 2 is 1.89 bits per heavy atom. The van der Waals surface area contributed by atoms with Crippen molar-refractivity contribution >= 4 is 50.1 Å². The zero-order valence-corrected chi connectivity index (χ0v) is 13.2. The largest absolute Gasteiger partial charge is 0.322 e. The van der Waals surface area contributed by atoms with Gasteiger partial charge in [-0.05, 0) is 58.5 Å². The van der Waals surface area contributed by atoms with Crippen molar-refractivity contribution in [2.75, 3.05) is 5.32 Å². The van der Waals surface area contributed by atoms with Gasteiger partial charge in [-0.15, -0.1) is 0 Å². The molecule has 0 bridgehead atoms. The van der Waals surface area contributed by atoms with E-state index < -0.39 is 0 Å². The van der Waals surface area contributed by atoms with Crippen LogP contribution in [0.15, 0.2) is 48.5 Å². The summed E-state index contributed by atoms with van der Waals surface area (Å²) in [4.78, 5) is 12.0. The number of rotatable bonds is 3. The summed E-state index contributed by atoms with van der Waals surface area (Å²) in [7, 11) is 0. The molecule has 18 heavy (non-hydrogen) atoms. The third-order valence-electron chi connectivity index (χ3n) is 2.45. The van der Waals surface area contributed by atoms with E-state index >= 15 is 0 Å². The number of anilines is 1. The van der Waals surface area contributed by atoms with Crippen molar-refractivity contribution in [1.82, 2.24) is 0 Å². The van der Waals surface area contributed by atoms with E-state index in [1.165, 1.54) is 0 Å². The predicted molar refractivity (Wildman–Crippen MR) is 86.2 cm³/mol. The van der Waals surface area contributed by atoms with Crippen LogP contribution < -0.4 is 5.32 Å². The van der Waals surface area contributed by atoms with Gasteiger partial charge in [-0.2, -0.15) is 0 Å². The second kappa shape index (κ2) is 6.33. The summed E-state index contributed by atoms with van der Waals surface area (Å²) in [6.45, 7) is 0. The molecule has 0 aliphatic rings. The Bertz CT molecular complexity index is 554. The molecule has 0 saturated carbocycles. The molecule has 0 atom stereocenters. The Labute approximate surface area is 128 Å². The Balaban J connectivity index is 2.11. The normalized spacial score (nSPS) is 10.1. The van der Waals surface area contributed by atoms with Crippen LogP contribution in [0.25, 0.3) is 0 Å². The average Bonchev–Trinajstić information content (AvgIpc) is 2.39. The maximum Gasteiger partial charge on any atom is 0.255 e. The number of carbonyl (C=O) groups is 1. The molecule has 2 nitrogen and oxygen atoms in total. The first-order chi connectivity index (χ1) is 8.69. The van der Waals surface area contributed by atoms with Gasteiger partial charge < -0.3 is 5.32 Å². The van der Waals surface area contributed by atoms with Crippen molar-refractivity contribution < 1.29 is 4.79 Å². The average molecular weight is 416 g/mol. The Hall–Kier alpha value is -0.880. The molecule has 0 unspecified atom stereocenters. The lowest BCUT2D eigenvalue weighted by Gasteiger charge is -2.06. The highest BCUT2D eigenvalue weighted by molar-refractivity contribution is 14.1. The minimum Gasteiger partial charge on any atom is -0.322 e. The molecule has 0 spiro atoms. The molecular weight excluding hydrogens is 405 g/mol. The lowest BCUT2D eigenvalue weighted by molar-refractivity contribution is 0.102. The van der Waals surface area contributed by atoms with Crippen LogP contribution >= 0.6 is 38.5 Å². The summed E-state index contributed by atoms with van der Waals surface area (Å²) in [5, 5.41) is 3.68. The van der Waals surface area contributed by atoms with Gasteiger partial charge in [0.1, 0.15) is 0 Å². The zero-order valence-electron chi connectivity index (χ0n) is 9.49. The molecule has 0 heterocycles. The number of benzene rings is 2. The topological polar surface area (TPSA) is 29.1 Å². The van der Waals surface area contributed by atoms with Crippen molar-refractivity contribution in [3.8, 4) is 0 Å². The molecule has 1 N–H and O–H groups in total. The molecule has 0 aliphatic heterocycles. The van der Waals surface area contributed by atoms with Gasteiger partial charge in [-0.25, -0.2) is 0 Å². The highest BCUT2D eigenvalue weighted by Gasteiger charge is 2.05. The molecular formula is C14H11BrINO. The van der Waals surface area contributed by atoms with Gasteiger partial charge in [0, 0.05) is 20.2 Å². The van der Waals surface area contributed by atoms with Crippen molar-refractivity contribution in [2.24, 2.45) is 0 Å². The maximum absolute atomic E-state index is 12.0. The standard InChI is InChI=1S/C14H11BrINO/c15-9-10-4-6-11(7-5-10)14(18)17-13-3-1-2-12(16)8-13/h1-8H,9H2,(H,17,18). The van der Waals surface area contributed by atoms with Crippen molar-refractivity contribution in [3.63, 3.8) is 0 Å². The van der Waals surface area contributed by atoms with E-state index in [1.807, 2.05) is 48.5 Å². The molecule has 1 amide bonds. The van der Waals surface area contributed by atoms with Gasteiger partial charge in [-0.1, -0.05) is 34.1 Å². The Morgan fingerprint density at radius 1 is 1.17 bits per heavy atom. The van der Waals surface area contributed by atoms with E-state index in [1.54, 1.807) is 0 Å². The quantitative estimate of drug-likeness (QED) is 0.582. The van der Waals surface area contributed by atoms with E-state index in [0.29, 0.717) is 5.56 Å². The van der Waals surface area contributed by atoms with Crippen LogP contribution in [0.1, 0.15) is 15.9 Å². The number of hydrogen-bond acceptors (Lipinski definition) is 1. The third kappa shape index (κ3) is 3.55. The fourth-order valence-corrected chi connectivity index (χ4v) is 2.43. The number of nitrogens with one attached hydrogen (secondary N) is 1. The summed E-state index contributed by atoms with van der Waals surface area (Å²) in [5.74, 6) is -0.0851. The van der Waals surface area contributed by atoms with Crippen LogP contribution in [-0.4, -0.2) is 5.91 Å². The molecule has 4 heteroatoms. The smallest absolute Gasteiger partial charge is 0.255 e.